The first-order valence-corrected chi connectivity index (χ1v) is 8.30. The quantitative estimate of drug-likeness (QED) is 0.883. The summed E-state index contributed by atoms with van der Waals surface area (Å²) >= 11 is 6.09. The second-order valence-electron chi connectivity index (χ2n) is 5.68. The molecule has 0 saturated carbocycles. The monoisotopic (exact) mass is 359 g/mol. The minimum absolute atomic E-state index is 0.221. The maximum absolute atomic E-state index is 13.2. The van der Waals surface area contributed by atoms with Gasteiger partial charge in [-0.2, -0.15) is 0 Å². The van der Waals surface area contributed by atoms with Crippen LogP contribution in [-0.4, -0.2) is 47.7 Å². The number of para-hydroxylation sites is 1. The number of carbonyl (C=O) groups excluding carboxylic acids is 1. The van der Waals surface area contributed by atoms with Gasteiger partial charge in [0.05, 0.1) is 11.4 Å². The second-order valence-corrected chi connectivity index (χ2v) is 6.12. The number of rotatable bonds is 3. The van der Waals surface area contributed by atoms with Gasteiger partial charge < -0.3 is 15.3 Å². The highest BCUT2D eigenvalue weighted by Gasteiger charge is 2.35. The fraction of sp³-hybridized carbons (Fsp3) is 0.222. The molecule has 0 bridgehead atoms. The lowest BCUT2D eigenvalue weighted by Gasteiger charge is -2.37. The normalized spacial score (nSPS) is 17.2. The second kappa shape index (κ2) is 7.55. The Hall–Kier alpha value is -2.57. The number of nitrogens with zero attached hydrogens (tertiary/aromatic N) is 2. The number of piperazine rings is 1. The van der Waals surface area contributed by atoms with Crippen molar-refractivity contribution >= 4 is 35.0 Å². The molecule has 25 heavy (non-hydrogen) atoms. The maximum atomic E-state index is 13.2. The number of nitrogens with one attached hydrogen (secondary N) is 1. The van der Waals surface area contributed by atoms with Gasteiger partial charge in [0.25, 0.3) is 0 Å². The molecule has 1 aliphatic rings. The first kappa shape index (κ1) is 17.3. The Morgan fingerprint density at radius 2 is 1.84 bits per heavy atom. The Morgan fingerprint density at radius 3 is 2.52 bits per heavy atom. The lowest BCUT2D eigenvalue weighted by molar-refractivity contribution is -0.142. The molecule has 1 heterocycles. The van der Waals surface area contributed by atoms with Gasteiger partial charge in [0, 0.05) is 24.7 Å². The van der Waals surface area contributed by atoms with E-state index in [-0.39, 0.29) is 12.6 Å². The van der Waals surface area contributed by atoms with Crippen LogP contribution in [-0.2, 0) is 4.79 Å². The fourth-order valence-corrected chi connectivity index (χ4v) is 3.03. The number of carbonyl (C=O) groups is 2. The molecule has 2 N–H and O–H groups in total. The van der Waals surface area contributed by atoms with Crippen LogP contribution in [0, 0.1) is 0 Å². The van der Waals surface area contributed by atoms with Gasteiger partial charge in [-0.25, -0.2) is 9.59 Å². The molecule has 1 aliphatic heterocycles. The standard InChI is InChI=1S/C18H18ClN3O3/c19-13-5-4-8-15(11-13)22(14-6-2-1-3-7-14)18(25)21-10-9-20-12-16(21)17(23)24/h1-8,11,16,20H,9-10,12H2,(H,23,24). The first-order valence-electron chi connectivity index (χ1n) is 7.93. The molecule has 2 aromatic carbocycles. The predicted octanol–water partition coefficient (Wildman–Crippen LogP) is 2.96. The molecule has 1 fully saturated rings. The maximum Gasteiger partial charge on any atom is 0.329 e. The number of hydrogen-bond acceptors (Lipinski definition) is 3. The minimum Gasteiger partial charge on any atom is -0.480 e. The van der Waals surface area contributed by atoms with E-state index in [1.807, 2.05) is 18.2 Å². The first-order chi connectivity index (χ1) is 12.1. The third-order valence-electron chi connectivity index (χ3n) is 4.05. The van der Waals surface area contributed by atoms with E-state index in [0.717, 1.165) is 0 Å². The summed E-state index contributed by atoms with van der Waals surface area (Å²) in [5, 5.41) is 13.0. The molecule has 1 atom stereocenters. The molecule has 0 spiro atoms. The zero-order valence-electron chi connectivity index (χ0n) is 13.4. The number of benzene rings is 2. The number of urea groups is 1. The number of anilines is 2. The molecule has 130 valence electrons. The van der Waals surface area contributed by atoms with Crippen molar-refractivity contribution in [2.24, 2.45) is 0 Å². The smallest absolute Gasteiger partial charge is 0.329 e. The Morgan fingerprint density at radius 1 is 1.12 bits per heavy atom. The van der Waals surface area contributed by atoms with Crippen LogP contribution in [0.1, 0.15) is 0 Å². The van der Waals surface area contributed by atoms with Crippen LogP contribution in [0.15, 0.2) is 54.6 Å². The van der Waals surface area contributed by atoms with Crippen molar-refractivity contribution in [1.29, 1.82) is 0 Å². The number of halogens is 1. The predicted molar refractivity (Wildman–Crippen MR) is 96.4 cm³/mol. The third-order valence-corrected chi connectivity index (χ3v) is 4.28. The number of hydrogen-bond donors (Lipinski definition) is 2. The fourth-order valence-electron chi connectivity index (χ4n) is 2.84. The van der Waals surface area contributed by atoms with Crippen LogP contribution >= 0.6 is 11.6 Å². The lowest BCUT2D eigenvalue weighted by atomic mass is 10.2. The average Bonchev–Trinajstić information content (AvgIpc) is 2.63. The van der Waals surface area contributed by atoms with E-state index in [4.69, 9.17) is 11.6 Å². The number of amides is 2. The Bertz CT molecular complexity index is 769. The molecule has 7 heteroatoms. The van der Waals surface area contributed by atoms with Crippen molar-refractivity contribution < 1.29 is 14.7 Å². The van der Waals surface area contributed by atoms with Crippen molar-refractivity contribution in [3.63, 3.8) is 0 Å². The van der Waals surface area contributed by atoms with E-state index in [2.05, 4.69) is 5.32 Å². The summed E-state index contributed by atoms with van der Waals surface area (Å²) in [4.78, 5) is 27.7. The molecule has 1 unspecified atom stereocenters. The SMILES string of the molecule is O=C(O)C1CNCCN1C(=O)N(c1ccccc1)c1cccc(Cl)c1. The molecule has 2 amide bonds. The molecule has 1 saturated heterocycles. The van der Waals surface area contributed by atoms with Crippen molar-refractivity contribution in [3.05, 3.63) is 59.6 Å². The Labute approximate surface area is 150 Å². The molecule has 2 aromatic rings. The van der Waals surface area contributed by atoms with Crippen molar-refractivity contribution in [2.75, 3.05) is 24.5 Å². The summed E-state index contributed by atoms with van der Waals surface area (Å²) in [6.07, 6.45) is 0. The summed E-state index contributed by atoms with van der Waals surface area (Å²) in [5.41, 5.74) is 1.24. The van der Waals surface area contributed by atoms with Gasteiger partial charge in [0.2, 0.25) is 0 Å². The highest BCUT2D eigenvalue weighted by molar-refractivity contribution is 6.31. The molecule has 0 radical (unpaired) electrons. The van der Waals surface area contributed by atoms with E-state index >= 15 is 0 Å². The molecule has 0 aliphatic carbocycles. The summed E-state index contributed by atoms with van der Waals surface area (Å²) in [6.45, 7) is 1.09. The topological polar surface area (TPSA) is 72.9 Å². The van der Waals surface area contributed by atoms with Crippen LogP contribution < -0.4 is 10.2 Å². The van der Waals surface area contributed by atoms with Gasteiger partial charge in [0.15, 0.2) is 0 Å². The number of carboxylic acids is 1. The van der Waals surface area contributed by atoms with Crippen LogP contribution in [0.2, 0.25) is 5.02 Å². The van der Waals surface area contributed by atoms with E-state index in [1.54, 1.807) is 36.4 Å². The van der Waals surface area contributed by atoms with E-state index < -0.39 is 12.0 Å². The van der Waals surface area contributed by atoms with Gasteiger partial charge in [-0.15, -0.1) is 0 Å². The van der Waals surface area contributed by atoms with Crippen LogP contribution in [0.5, 0.6) is 0 Å². The van der Waals surface area contributed by atoms with E-state index in [1.165, 1.54) is 9.80 Å². The van der Waals surface area contributed by atoms with Gasteiger partial charge in [0.1, 0.15) is 6.04 Å². The summed E-state index contributed by atoms with van der Waals surface area (Å²) < 4.78 is 0. The number of aliphatic carboxylic acids is 1. The van der Waals surface area contributed by atoms with Gasteiger partial charge in [-0.1, -0.05) is 35.9 Å². The summed E-state index contributed by atoms with van der Waals surface area (Å²) in [7, 11) is 0. The highest BCUT2D eigenvalue weighted by atomic mass is 35.5. The van der Waals surface area contributed by atoms with Gasteiger partial charge in [-0.3, -0.25) is 4.90 Å². The van der Waals surface area contributed by atoms with E-state index in [9.17, 15) is 14.7 Å². The molecule has 6 nitrogen and oxygen atoms in total. The van der Waals surface area contributed by atoms with Crippen LogP contribution in [0.25, 0.3) is 0 Å². The highest BCUT2D eigenvalue weighted by Crippen LogP contribution is 2.29. The lowest BCUT2D eigenvalue weighted by Crippen LogP contribution is -2.59. The molecular formula is C18H18ClN3O3. The largest absolute Gasteiger partial charge is 0.480 e. The zero-order valence-corrected chi connectivity index (χ0v) is 14.2. The van der Waals surface area contributed by atoms with Crippen LogP contribution in [0.4, 0.5) is 16.2 Å². The summed E-state index contributed by atoms with van der Waals surface area (Å²) in [5.74, 6) is -1.03. The molecule has 0 aromatic heterocycles. The Balaban J connectivity index is 2.02. The average molecular weight is 360 g/mol. The van der Waals surface area contributed by atoms with Gasteiger partial charge in [-0.05, 0) is 30.3 Å². The molecular weight excluding hydrogens is 342 g/mol. The van der Waals surface area contributed by atoms with Crippen molar-refractivity contribution in [1.82, 2.24) is 10.2 Å². The number of carboxylic acid groups (broad SMARTS) is 1. The van der Waals surface area contributed by atoms with Crippen LogP contribution in [0.3, 0.4) is 0 Å². The van der Waals surface area contributed by atoms with Crippen molar-refractivity contribution in [3.8, 4) is 0 Å². The third kappa shape index (κ3) is 3.75. The Kier molecular flexibility index (Phi) is 5.21. The van der Waals surface area contributed by atoms with Gasteiger partial charge >= 0.3 is 12.0 Å². The molecule has 3 rings (SSSR count). The van der Waals surface area contributed by atoms with Crippen molar-refractivity contribution in [2.45, 2.75) is 6.04 Å². The van der Waals surface area contributed by atoms with E-state index in [0.29, 0.717) is 29.5 Å². The summed E-state index contributed by atoms with van der Waals surface area (Å²) in [6, 6.07) is 14.8. The minimum atomic E-state index is -1.03. The zero-order chi connectivity index (χ0) is 17.8.